The molecule has 0 spiro atoms. The number of hydrogen-bond donors (Lipinski definition) is 2. The molecule has 21 heavy (non-hydrogen) atoms. The summed E-state index contributed by atoms with van der Waals surface area (Å²) in [6.45, 7) is 2.12. The number of carbonyl (C=O) groups excluding carboxylic acids is 2. The number of hydrogen-bond acceptors (Lipinski definition) is 4. The summed E-state index contributed by atoms with van der Waals surface area (Å²) < 4.78 is 0. The van der Waals surface area contributed by atoms with Crippen LogP contribution in [0.15, 0.2) is 0 Å². The second-order valence-electron chi connectivity index (χ2n) is 5.61. The van der Waals surface area contributed by atoms with E-state index in [0.717, 1.165) is 25.7 Å². The second-order valence-corrected chi connectivity index (χ2v) is 6.96. The summed E-state index contributed by atoms with van der Waals surface area (Å²) in [5.41, 5.74) is 0. The maximum Gasteiger partial charge on any atom is 0.327 e. The van der Waals surface area contributed by atoms with Crippen LogP contribution in [0, 0.1) is 5.92 Å². The number of rotatable bonds is 5. The van der Waals surface area contributed by atoms with Crippen molar-refractivity contribution >= 4 is 29.5 Å². The van der Waals surface area contributed by atoms with Crippen molar-refractivity contribution < 1.29 is 19.5 Å². The largest absolute Gasteiger partial charge is 0.480 e. The van der Waals surface area contributed by atoms with Crippen molar-refractivity contribution in [3.63, 3.8) is 0 Å². The van der Waals surface area contributed by atoms with Crippen molar-refractivity contribution in [2.45, 2.75) is 50.4 Å². The van der Waals surface area contributed by atoms with E-state index < -0.39 is 12.0 Å². The Hall–Kier alpha value is -1.24. The van der Waals surface area contributed by atoms with Crippen molar-refractivity contribution in [2.75, 3.05) is 12.3 Å². The number of aliphatic carboxylic acids is 1. The smallest absolute Gasteiger partial charge is 0.327 e. The molecule has 0 aromatic heterocycles. The summed E-state index contributed by atoms with van der Waals surface area (Å²) in [5.74, 6) is -0.620. The number of nitrogens with zero attached hydrogens (tertiary/aromatic N) is 1. The second kappa shape index (κ2) is 7.15. The van der Waals surface area contributed by atoms with E-state index in [4.69, 9.17) is 5.11 Å². The van der Waals surface area contributed by atoms with E-state index >= 15 is 0 Å². The van der Waals surface area contributed by atoms with E-state index in [1.54, 1.807) is 0 Å². The number of carbonyl (C=O) groups is 3. The average Bonchev–Trinajstić information content (AvgIpc) is 3.07. The number of carboxylic acids is 1. The molecule has 1 saturated heterocycles. The normalized spacial score (nSPS) is 26.0. The average molecular weight is 314 g/mol. The molecule has 7 heteroatoms. The lowest BCUT2D eigenvalue weighted by Gasteiger charge is -2.25. The summed E-state index contributed by atoms with van der Waals surface area (Å²) in [6, 6.07) is -0.747. The van der Waals surface area contributed by atoms with Crippen LogP contribution < -0.4 is 5.32 Å². The van der Waals surface area contributed by atoms with Crippen LogP contribution in [-0.2, 0) is 14.4 Å². The summed E-state index contributed by atoms with van der Waals surface area (Å²) in [7, 11) is 0. The zero-order valence-electron chi connectivity index (χ0n) is 12.2. The van der Waals surface area contributed by atoms with E-state index in [0.29, 0.717) is 5.75 Å². The van der Waals surface area contributed by atoms with Gasteiger partial charge in [-0.2, -0.15) is 0 Å². The molecule has 6 nitrogen and oxygen atoms in total. The lowest BCUT2D eigenvalue weighted by molar-refractivity contribution is -0.149. The molecule has 0 aromatic rings. The quantitative estimate of drug-likeness (QED) is 0.792. The highest BCUT2D eigenvalue weighted by Crippen LogP contribution is 2.29. The summed E-state index contributed by atoms with van der Waals surface area (Å²) in [6.07, 6.45) is 4.22. The molecule has 0 aromatic carbocycles. The number of amides is 2. The van der Waals surface area contributed by atoms with Crippen molar-refractivity contribution in [1.82, 2.24) is 10.2 Å². The fourth-order valence-corrected chi connectivity index (χ4v) is 4.15. The van der Waals surface area contributed by atoms with Gasteiger partial charge in [0, 0.05) is 24.6 Å². The Morgan fingerprint density at radius 1 is 1.29 bits per heavy atom. The van der Waals surface area contributed by atoms with Crippen LogP contribution in [0.5, 0.6) is 0 Å². The standard InChI is InChI=1S/C14H22N2O4S/c1-9-16(11(8-21-9)14(19)20)12(17)6-7-15-13(18)10-4-2-3-5-10/h9-11H,2-8H2,1H3,(H,15,18)(H,19,20). The molecule has 2 atom stereocenters. The minimum absolute atomic E-state index is 0.0268. The van der Waals surface area contributed by atoms with E-state index in [1.807, 2.05) is 6.92 Å². The number of carboxylic acid groups (broad SMARTS) is 1. The topological polar surface area (TPSA) is 86.7 Å². The Kier molecular flexibility index (Phi) is 5.50. The molecule has 118 valence electrons. The van der Waals surface area contributed by atoms with Gasteiger partial charge in [0.05, 0.1) is 5.37 Å². The van der Waals surface area contributed by atoms with Gasteiger partial charge in [-0.1, -0.05) is 12.8 Å². The minimum Gasteiger partial charge on any atom is -0.480 e. The Morgan fingerprint density at radius 2 is 1.95 bits per heavy atom. The van der Waals surface area contributed by atoms with Crippen molar-refractivity contribution in [3.05, 3.63) is 0 Å². The third-order valence-corrected chi connectivity index (χ3v) is 5.38. The first-order valence-corrected chi connectivity index (χ1v) is 8.49. The van der Waals surface area contributed by atoms with Crippen LogP contribution in [0.3, 0.4) is 0 Å². The van der Waals surface area contributed by atoms with Crippen LogP contribution in [0.4, 0.5) is 0 Å². The van der Waals surface area contributed by atoms with Crippen molar-refractivity contribution in [3.8, 4) is 0 Å². The molecule has 1 heterocycles. The Balaban J connectivity index is 1.78. The molecule has 0 bridgehead atoms. The lowest BCUT2D eigenvalue weighted by Crippen LogP contribution is -2.45. The monoisotopic (exact) mass is 314 g/mol. The highest BCUT2D eigenvalue weighted by atomic mass is 32.2. The van der Waals surface area contributed by atoms with Crippen LogP contribution in [0.2, 0.25) is 0 Å². The molecule has 2 fully saturated rings. The number of nitrogens with one attached hydrogen (secondary N) is 1. The minimum atomic E-state index is -0.963. The molecular weight excluding hydrogens is 292 g/mol. The van der Waals surface area contributed by atoms with Crippen LogP contribution in [0.1, 0.15) is 39.0 Å². The first kappa shape index (κ1) is 16.1. The highest BCUT2D eigenvalue weighted by Gasteiger charge is 2.39. The van der Waals surface area contributed by atoms with Crippen LogP contribution >= 0.6 is 11.8 Å². The molecule has 1 aliphatic heterocycles. The van der Waals surface area contributed by atoms with E-state index in [-0.39, 0.29) is 36.1 Å². The predicted molar refractivity (Wildman–Crippen MR) is 79.8 cm³/mol. The molecule has 2 rings (SSSR count). The molecule has 2 aliphatic rings. The van der Waals surface area contributed by atoms with Gasteiger partial charge >= 0.3 is 5.97 Å². The zero-order valence-corrected chi connectivity index (χ0v) is 13.0. The lowest BCUT2D eigenvalue weighted by atomic mass is 10.1. The van der Waals surface area contributed by atoms with Gasteiger partial charge in [0.25, 0.3) is 0 Å². The van der Waals surface area contributed by atoms with E-state index in [9.17, 15) is 14.4 Å². The number of thioether (sulfide) groups is 1. The van der Waals surface area contributed by atoms with Gasteiger partial charge in [-0.25, -0.2) is 4.79 Å². The summed E-state index contributed by atoms with van der Waals surface area (Å²) in [4.78, 5) is 36.6. The van der Waals surface area contributed by atoms with Gasteiger partial charge in [-0.05, 0) is 19.8 Å². The SMILES string of the molecule is CC1SCC(C(=O)O)N1C(=O)CCNC(=O)C1CCCC1. The molecule has 2 unspecified atom stereocenters. The third kappa shape index (κ3) is 3.90. The van der Waals surface area contributed by atoms with Gasteiger partial charge in [0.1, 0.15) is 6.04 Å². The molecule has 2 amide bonds. The fourth-order valence-electron chi connectivity index (χ4n) is 2.97. The van der Waals surface area contributed by atoms with E-state index in [1.165, 1.54) is 16.7 Å². The predicted octanol–water partition coefficient (Wildman–Crippen LogP) is 1.06. The molecular formula is C14H22N2O4S. The Bertz CT molecular complexity index is 423. The molecule has 1 aliphatic carbocycles. The molecule has 1 saturated carbocycles. The first-order chi connectivity index (χ1) is 10.0. The van der Waals surface area contributed by atoms with Gasteiger partial charge in [0.15, 0.2) is 0 Å². The Labute approximate surface area is 128 Å². The van der Waals surface area contributed by atoms with Crippen molar-refractivity contribution in [1.29, 1.82) is 0 Å². The van der Waals surface area contributed by atoms with Gasteiger partial charge in [0.2, 0.25) is 11.8 Å². The van der Waals surface area contributed by atoms with Gasteiger partial charge < -0.3 is 15.3 Å². The van der Waals surface area contributed by atoms with Gasteiger partial charge in [-0.15, -0.1) is 11.8 Å². The van der Waals surface area contributed by atoms with Gasteiger partial charge in [-0.3, -0.25) is 9.59 Å². The van der Waals surface area contributed by atoms with Crippen LogP contribution in [0.25, 0.3) is 0 Å². The fraction of sp³-hybridized carbons (Fsp3) is 0.786. The molecule has 0 radical (unpaired) electrons. The van der Waals surface area contributed by atoms with Crippen molar-refractivity contribution in [2.24, 2.45) is 5.92 Å². The zero-order chi connectivity index (χ0) is 15.4. The highest BCUT2D eigenvalue weighted by molar-refractivity contribution is 8.00. The van der Waals surface area contributed by atoms with Crippen LogP contribution in [-0.4, -0.2) is 51.5 Å². The molecule has 2 N–H and O–H groups in total. The Morgan fingerprint density at radius 3 is 2.57 bits per heavy atom. The summed E-state index contributed by atoms with van der Waals surface area (Å²) >= 11 is 1.47. The first-order valence-electron chi connectivity index (χ1n) is 7.44. The maximum absolute atomic E-state index is 12.2. The maximum atomic E-state index is 12.2. The summed E-state index contributed by atoms with van der Waals surface area (Å²) in [5, 5.41) is 11.8. The van der Waals surface area contributed by atoms with E-state index in [2.05, 4.69) is 5.32 Å². The third-order valence-electron chi connectivity index (χ3n) is 4.16.